The lowest BCUT2D eigenvalue weighted by Crippen LogP contribution is -2.13. The number of amides is 1. The monoisotopic (exact) mass is 338 g/mol. The Morgan fingerprint density at radius 1 is 1.18 bits per heavy atom. The van der Waals surface area contributed by atoms with Gasteiger partial charge in [-0.05, 0) is 29.2 Å². The molecule has 1 aromatic carbocycles. The minimum Gasteiger partial charge on any atom is -0.322 e. The van der Waals surface area contributed by atoms with Crippen LogP contribution in [0, 0.1) is 0 Å². The molecule has 0 fully saturated rings. The average molecular weight is 338 g/mol. The van der Waals surface area contributed by atoms with Crippen LogP contribution in [-0.4, -0.2) is 14.3 Å². The number of nitrogens with two attached hydrogens (primary N) is 1. The van der Waals surface area contributed by atoms with Crippen molar-refractivity contribution in [3.63, 3.8) is 0 Å². The van der Waals surface area contributed by atoms with Crippen LogP contribution in [0.15, 0.2) is 39.9 Å². The molecule has 0 bridgehead atoms. The molecule has 0 unspecified atom stereocenters. The zero-order valence-electron chi connectivity index (χ0n) is 12.6. The Morgan fingerprint density at radius 2 is 1.77 bits per heavy atom. The van der Waals surface area contributed by atoms with E-state index in [1.165, 1.54) is 11.4 Å². The van der Waals surface area contributed by atoms with E-state index in [2.05, 4.69) is 26.1 Å². The third kappa shape index (κ3) is 3.94. The maximum Gasteiger partial charge on any atom is 0.256 e. The molecular formula is C15H18N2O3S2. The number of nitrogens with one attached hydrogen (secondary N) is 1. The normalized spacial score (nSPS) is 12.2. The highest BCUT2D eigenvalue weighted by molar-refractivity contribution is 7.91. The molecule has 2 aromatic rings. The Morgan fingerprint density at radius 3 is 2.23 bits per heavy atom. The van der Waals surface area contributed by atoms with E-state index >= 15 is 0 Å². The fourth-order valence-electron chi connectivity index (χ4n) is 1.84. The number of sulfonamides is 1. The SMILES string of the molecule is CC(C)(C)c1ccc(NC(=O)c2csc(S(N)(=O)=O)c2)cc1. The van der Waals surface area contributed by atoms with Crippen molar-refractivity contribution in [2.24, 2.45) is 5.14 Å². The predicted molar refractivity (Wildman–Crippen MR) is 88.8 cm³/mol. The summed E-state index contributed by atoms with van der Waals surface area (Å²) in [5, 5.41) is 9.24. The van der Waals surface area contributed by atoms with Crippen molar-refractivity contribution in [1.82, 2.24) is 0 Å². The Balaban J connectivity index is 2.14. The number of hydrogen-bond donors (Lipinski definition) is 2. The average Bonchev–Trinajstić information content (AvgIpc) is 2.87. The number of primary sulfonamides is 1. The molecule has 0 aliphatic rings. The van der Waals surface area contributed by atoms with E-state index in [4.69, 9.17) is 5.14 Å². The molecule has 1 aromatic heterocycles. The molecule has 3 N–H and O–H groups in total. The number of hydrogen-bond acceptors (Lipinski definition) is 4. The molecule has 1 heterocycles. The summed E-state index contributed by atoms with van der Waals surface area (Å²) in [5.74, 6) is -0.366. The highest BCUT2D eigenvalue weighted by Crippen LogP contribution is 2.24. The summed E-state index contributed by atoms with van der Waals surface area (Å²) in [5.41, 5.74) is 2.13. The smallest absolute Gasteiger partial charge is 0.256 e. The fraction of sp³-hybridized carbons (Fsp3) is 0.267. The first-order valence-electron chi connectivity index (χ1n) is 6.60. The molecule has 0 saturated heterocycles. The maximum atomic E-state index is 12.1. The number of rotatable bonds is 3. The third-order valence-corrected chi connectivity index (χ3v) is 5.51. The lowest BCUT2D eigenvalue weighted by molar-refractivity contribution is 0.102. The van der Waals surface area contributed by atoms with Gasteiger partial charge in [0.15, 0.2) is 0 Å². The molecule has 22 heavy (non-hydrogen) atoms. The summed E-state index contributed by atoms with van der Waals surface area (Å²) in [6.07, 6.45) is 0. The second-order valence-electron chi connectivity index (χ2n) is 5.98. The Kier molecular flexibility index (Phi) is 4.42. The molecule has 118 valence electrons. The molecule has 7 heteroatoms. The number of thiophene rings is 1. The topological polar surface area (TPSA) is 89.3 Å². The van der Waals surface area contributed by atoms with Gasteiger partial charge in [-0.2, -0.15) is 0 Å². The van der Waals surface area contributed by atoms with Gasteiger partial charge in [-0.3, -0.25) is 4.79 Å². The number of carbonyl (C=O) groups excluding carboxylic acids is 1. The Bertz CT molecular complexity index is 785. The van der Waals surface area contributed by atoms with Crippen LogP contribution in [0.25, 0.3) is 0 Å². The summed E-state index contributed by atoms with van der Waals surface area (Å²) in [7, 11) is -3.77. The van der Waals surface area contributed by atoms with Gasteiger partial charge in [0.1, 0.15) is 4.21 Å². The number of benzene rings is 1. The second-order valence-corrected chi connectivity index (χ2v) is 8.68. The van der Waals surface area contributed by atoms with Gasteiger partial charge in [0.05, 0.1) is 5.56 Å². The van der Waals surface area contributed by atoms with Crippen molar-refractivity contribution < 1.29 is 13.2 Å². The first kappa shape index (κ1) is 16.7. The van der Waals surface area contributed by atoms with E-state index in [-0.39, 0.29) is 21.1 Å². The van der Waals surface area contributed by atoms with Gasteiger partial charge < -0.3 is 5.32 Å². The van der Waals surface area contributed by atoms with Crippen LogP contribution in [-0.2, 0) is 15.4 Å². The molecule has 5 nitrogen and oxygen atoms in total. The van der Waals surface area contributed by atoms with Crippen molar-refractivity contribution in [1.29, 1.82) is 0 Å². The summed E-state index contributed by atoms with van der Waals surface area (Å²) in [6, 6.07) is 8.84. The molecule has 1 amide bonds. The third-order valence-electron chi connectivity index (χ3n) is 3.13. The standard InChI is InChI=1S/C15H18N2O3S2/c1-15(2,3)11-4-6-12(7-5-11)17-14(18)10-8-13(21-9-10)22(16,19)20/h4-9H,1-3H3,(H,17,18)(H2,16,19,20). The lowest BCUT2D eigenvalue weighted by Gasteiger charge is -2.19. The van der Waals surface area contributed by atoms with Crippen LogP contribution in [0.2, 0.25) is 0 Å². The van der Waals surface area contributed by atoms with E-state index in [1.807, 2.05) is 24.3 Å². The highest BCUT2D eigenvalue weighted by atomic mass is 32.2. The van der Waals surface area contributed by atoms with Crippen LogP contribution in [0.5, 0.6) is 0 Å². The molecule has 0 atom stereocenters. The number of anilines is 1. The molecule has 0 saturated carbocycles. The molecule has 0 radical (unpaired) electrons. The minimum absolute atomic E-state index is 0.0271. The fourth-order valence-corrected chi connectivity index (χ4v) is 3.43. The first-order chi connectivity index (χ1) is 10.1. The van der Waals surface area contributed by atoms with Gasteiger partial charge in [-0.25, -0.2) is 13.6 Å². The van der Waals surface area contributed by atoms with Crippen LogP contribution >= 0.6 is 11.3 Å². The van der Waals surface area contributed by atoms with E-state index in [9.17, 15) is 13.2 Å². The van der Waals surface area contributed by atoms with Gasteiger partial charge in [0, 0.05) is 11.1 Å². The van der Waals surface area contributed by atoms with Crippen LogP contribution in [0.3, 0.4) is 0 Å². The van der Waals surface area contributed by atoms with Gasteiger partial charge in [0.2, 0.25) is 10.0 Å². The van der Waals surface area contributed by atoms with Gasteiger partial charge in [-0.15, -0.1) is 11.3 Å². The van der Waals surface area contributed by atoms with Crippen LogP contribution < -0.4 is 10.5 Å². The quantitative estimate of drug-likeness (QED) is 0.901. The van der Waals surface area contributed by atoms with Crippen LogP contribution in [0.1, 0.15) is 36.7 Å². The summed E-state index contributed by atoms with van der Waals surface area (Å²) < 4.78 is 22.4. The Hall–Kier alpha value is -1.70. The predicted octanol–water partition coefficient (Wildman–Crippen LogP) is 2.95. The largest absolute Gasteiger partial charge is 0.322 e. The molecule has 0 spiro atoms. The van der Waals surface area contributed by atoms with Crippen molar-refractivity contribution in [3.8, 4) is 0 Å². The van der Waals surface area contributed by atoms with E-state index < -0.39 is 10.0 Å². The van der Waals surface area contributed by atoms with Crippen molar-refractivity contribution >= 4 is 33.0 Å². The van der Waals surface area contributed by atoms with Crippen LogP contribution in [0.4, 0.5) is 5.69 Å². The molecular weight excluding hydrogens is 320 g/mol. The first-order valence-corrected chi connectivity index (χ1v) is 9.03. The Labute approximate surface area is 134 Å². The summed E-state index contributed by atoms with van der Waals surface area (Å²) >= 11 is 0.927. The van der Waals surface area contributed by atoms with E-state index in [0.717, 1.165) is 16.9 Å². The zero-order chi connectivity index (χ0) is 16.5. The van der Waals surface area contributed by atoms with Crippen molar-refractivity contribution in [2.45, 2.75) is 30.4 Å². The summed E-state index contributed by atoms with van der Waals surface area (Å²) in [4.78, 5) is 12.1. The number of carbonyl (C=O) groups is 1. The highest BCUT2D eigenvalue weighted by Gasteiger charge is 2.16. The molecule has 2 rings (SSSR count). The minimum atomic E-state index is -3.77. The van der Waals surface area contributed by atoms with Gasteiger partial charge >= 0.3 is 0 Å². The molecule has 0 aliphatic heterocycles. The lowest BCUT2D eigenvalue weighted by atomic mass is 9.87. The van der Waals surface area contributed by atoms with Gasteiger partial charge in [0.25, 0.3) is 5.91 Å². The molecule has 0 aliphatic carbocycles. The van der Waals surface area contributed by atoms with Crippen molar-refractivity contribution in [3.05, 3.63) is 46.8 Å². The van der Waals surface area contributed by atoms with E-state index in [0.29, 0.717) is 5.69 Å². The van der Waals surface area contributed by atoms with Gasteiger partial charge in [-0.1, -0.05) is 32.9 Å². The summed E-state index contributed by atoms with van der Waals surface area (Å²) in [6.45, 7) is 6.34. The zero-order valence-corrected chi connectivity index (χ0v) is 14.2. The maximum absolute atomic E-state index is 12.1. The van der Waals surface area contributed by atoms with E-state index in [1.54, 1.807) is 0 Å². The second kappa shape index (κ2) is 5.83. The van der Waals surface area contributed by atoms with Crippen molar-refractivity contribution in [2.75, 3.05) is 5.32 Å².